The molecule has 0 saturated carbocycles. The Labute approximate surface area is 166 Å². The van der Waals surface area contributed by atoms with Crippen molar-refractivity contribution in [3.05, 3.63) is 70.4 Å². The van der Waals surface area contributed by atoms with E-state index in [1.807, 2.05) is 19.2 Å². The third-order valence-corrected chi connectivity index (χ3v) is 5.08. The summed E-state index contributed by atoms with van der Waals surface area (Å²) in [4.78, 5) is 25.4. The monoisotopic (exact) mass is 400 g/mol. The van der Waals surface area contributed by atoms with Crippen LogP contribution in [0.1, 0.15) is 29.3 Å². The lowest BCUT2D eigenvalue weighted by atomic mass is 10.0. The molecule has 5 nitrogen and oxygen atoms in total. The van der Waals surface area contributed by atoms with Crippen molar-refractivity contribution in [2.24, 2.45) is 5.92 Å². The van der Waals surface area contributed by atoms with Gasteiger partial charge in [0.05, 0.1) is 11.4 Å². The van der Waals surface area contributed by atoms with Crippen molar-refractivity contribution in [1.82, 2.24) is 10.6 Å². The molecule has 0 bridgehead atoms. The number of nitrogens with one attached hydrogen (secondary N) is 2. The predicted molar refractivity (Wildman–Crippen MR) is 106 cm³/mol. The first-order chi connectivity index (χ1) is 13.4. The minimum atomic E-state index is -0.652. The molecule has 2 heterocycles. The zero-order chi connectivity index (χ0) is 20.1. The molecule has 2 aromatic heterocycles. The van der Waals surface area contributed by atoms with Crippen LogP contribution in [0.5, 0.6) is 0 Å². The average molecular weight is 400 g/mol. The smallest absolute Gasteiger partial charge is 0.262 e. The lowest BCUT2D eigenvalue weighted by Crippen LogP contribution is -2.49. The van der Waals surface area contributed by atoms with Crippen molar-refractivity contribution in [2.75, 3.05) is 0 Å². The number of carbonyl (C=O) groups is 2. The molecule has 0 spiro atoms. The predicted octanol–water partition coefficient (Wildman–Crippen LogP) is 4.22. The Morgan fingerprint density at radius 2 is 1.86 bits per heavy atom. The Bertz CT molecular complexity index is 933. The van der Waals surface area contributed by atoms with Crippen LogP contribution in [0, 0.1) is 11.7 Å². The highest BCUT2D eigenvalue weighted by Crippen LogP contribution is 2.22. The number of halogens is 1. The molecule has 1 unspecified atom stereocenters. The van der Waals surface area contributed by atoms with Gasteiger partial charge in [0.15, 0.2) is 0 Å². The number of furan rings is 1. The van der Waals surface area contributed by atoms with Crippen LogP contribution in [0.15, 0.2) is 58.3 Å². The van der Waals surface area contributed by atoms with E-state index in [1.54, 1.807) is 36.4 Å². The van der Waals surface area contributed by atoms with Gasteiger partial charge in [-0.1, -0.05) is 19.9 Å². The highest BCUT2D eigenvalue weighted by molar-refractivity contribution is 7.12. The zero-order valence-corrected chi connectivity index (χ0v) is 16.4. The van der Waals surface area contributed by atoms with E-state index in [0.29, 0.717) is 16.4 Å². The maximum absolute atomic E-state index is 13.0. The Hall–Kier alpha value is -2.93. The van der Waals surface area contributed by atoms with Gasteiger partial charge in [0.1, 0.15) is 23.4 Å². The molecule has 1 atom stereocenters. The largest absolute Gasteiger partial charge is 0.459 e. The van der Waals surface area contributed by atoms with Gasteiger partial charge in [-0.2, -0.15) is 0 Å². The molecule has 3 aromatic rings. The van der Waals surface area contributed by atoms with Crippen LogP contribution < -0.4 is 10.6 Å². The molecule has 146 valence electrons. The van der Waals surface area contributed by atoms with Gasteiger partial charge in [0.2, 0.25) is 5.91 Å². The summed E-state index contributed by atoms with van der Waals surface area (Å²) in [5.41, 5.74) is 0.752. The molecular weight excluding hydrogens is 379 g/mol. The molecule has 0 aliphatic heterocycles. The molecular formula is C21H21FN2O3S. The van der Waals surface area contributed by atoms with Crippen LogP contribution in [0.3, 0.4) is 0 Å². The van der Waals surface area contributed by atoms with Crippen molar-refractivity contribution in [2.45, 2.75) is 26.4 Å². The zero-order valence-electron chi connectivity index (χ0n) is 15.6. The standard InChI is InChI=1S/C21H21FN2O3S/c1-13(2)19(24-20(25)18-4-3-11-28-18)21(26)23-12-16-9-10-17(27-16)14-5-7-15(22)8-6-14/h3-11,13,19H,12H2,1-2H3,(H,23,26)(H,24,25). The summed E-state index contributed by atoms with van der Waals surface area (Å²) >= 11 is 1.33. The average Bonchev–Trinajstić information content (AvgIpc) is 3.36. The third-order valence-electron chi connectivity index (χ3n) is 4.21. The number of thiophene rings is 1. The van der Waals surface area contributed by atoms with Gasteiger partial charge in [0.25, 0.3) is 5.91 Å². The minimum absolute atomic E-state index is 0.0738. The highest BCUT2D eigenvalue weighted by Gasteiger charge is 2.25. The van der Waals surface area contributed by atoms with E-state index >= 15 is 0 Å². The highest BCUT2D eigenvalue weighted by atomic mass is 32.1. The van der Waals surface area contributed by atoms with Crippen LogP contribution in [0.25, 0.3) is 11.3 Å². The molecule has 0 aliphatic rings. The van der Waals surface area contributed by atoms with Crippen LogP contribution >= 0.6 is 11.3 Å². The molecule has 0 saturated heterocycles. The Morgan fingerprint density at radius 1 is 1.11 bits per heavy atom. The van der Waals surface area contributed by atoms with Gasteiger partial charge in [-0.25, -0.2) is 4.39 Å². The topological polar surface area (TPSA) is 71.3 Å². The van der Waals surface area contributed by atoms with E-state index in [0.717, 1.165) is 5.56 Å². The van der Waals surface area contributed by atoms with Gasteiger partial charge >= 0.3 is 0 Å². The van der Waals surface area contributed by atoms with Crippen molar-refractivity contribution in [1.29, 1.82) is 0 Å². The summed E-state index contributed by atoms with van der Waals surface area (Å²) in [6, 6.07) is 12.4. The van der Waals surface area contributed by atoms with E-state index in [4.69, 9.17) is 4.42 Å². The third kappa shape index (κ3) is 4.86. The second-order valence-corrected chi connectivity index (χ2v) is 7.61. The summed E-state index contributed by atoms with van der Waals surface area (Å²) in [7, 11) is 0. The van der Waals surface area contributed by atoms with Crippen LogP contribution in [0.4, 0.5) is 4.39 Å². The van der Waals surface area contributed by atoms with E-state index in [2.05, 4.69) is 10.6 Å². The fraction of sp³-hybridized carbons (Fsp3) is 0.238. The van der Waals surface area contributed by atoms with Crippen molar-refractivity contribution in [3.8, 4) is 11.3 Å². The molecule has 2 N–H and O–H groups in total. The molecule has 7 heteroatoms. The summed E-state index contributed by atoms with van der Waals surface area (Å²) in [5.74, 6) is 0.234. The van der Waals surface area contributed by atoms with Crippen LogP contribution in [0.2, 0.25) is 0 Å². The van der Waals surface area contributed by atoms with E-state index in [-0.39, 0.29) is 30.1 Å². The van der Waals surface area contributed by atoms with E-state index in [9.17, 15) is 14.0 Å². The normalized spacial score (nSPS) is 12.0. The second-order valence-electron chi connectivity index (χ2n) is 6.66. The quantitative estimate of drug-likeness (QED) is 0.624. The van der Waals surface area contributed by atoms with Gasteiger partial charge in [0, 0.05) is 5.56 Å². The second kappa shape index (κ2) is 8.84. The summed E-state index contributed by atoms with van der Waals surface area (Å²) in [6.07, 6.45) is 0. The van der Waals surface area contributed by atoms with Crippen LogP contribution in [-0.4, -0.2) is 17.9 Å². The Balaban J connectivity index is 1.60. The molecule has 0 radical (unpaired) electrons. The van der Waals surface area contributed by atoms with Gasteiger partial charge in [-0.15, -0.1) is 11.3 Å². The summed E-state index contributed by atoms with van der Waals surface area (Å²) < 4.78 is 18.7. The minimum Gasteiger partial charge on any atom is -0.459 e. The number of carbonyl (C=O) groups excluding carboxylic acids is 2. The maximum Gasteiger partial charge on any atom is 0.262 e. The summed E-state index contributed by atoms with van der Waals surface area (Å²) in [6.45, 7) is 3.94. The lowest BCUT2D eigenvalue weighted by Gasteiger charge is -2.21. The van der Waals surface area contributed by atoms with Crippen molar-refractivity contribution >= 4 is 23.2 Å². The van der Waals surface area contributed by atoms with Gasteiger partial charge < -0.3 is 15.1 Å². The fourth-order valence-corrected chi connectivity index (χ4v) is 3.31. The van der Waals surface area contributed by atoms with Crippen LogP contribution in [-0.2, 0) is 11.3 Å². The summed E-state index contributed by atoms with van der Waals surface area (Å²) in [5, 5.41) is 7.40. The first kappa shape index (κ1) is 19.8. The molecule has 1 aromatic carbocycles. The molecule has 0 fully saturated rings. The molecule has 3 rings (SSSR count). The van der Waals surface area contributed by atoms with Crippen molar-refractivity contribution < 1.29 is 18.4 Å². The Kier molecular flexibility index (Phi) is 6.26. The number of hydrogen-bond acceptors (Lipinski definition) is 4. The van der Waals surface area contributed by atoms with Crippen molar-refractivity contribution in [3.63, 3.8) is 0 Å². The first-order valence-electron chi connectivity index (χ1n) is 8.91. The fourth-order valence-electron chi connectivity index (χ4n) is 2.68. The van der Waals surface area contributed by atoms with E-state index < -0.39 is 6.04 Å². The maximum atomic E-state index is 13.0. The number of amides is 2. The molecule has 28 heavy (non-hydrogen) atoms. The molecule has 2 amide bonds. The van der Waals surface area contributed by atoms with E-state index in [1.165, 1.54) is 23.5 Å². The van der Waals surface area contributed by atoms with Gasteiger partial charge in [-0.05, 0) is 53.8 Å². The lowest BCUT2D eigenvalue weighted by molar-refractivity contribution is -0.124. The van der Waals surface area contributed by atoms with Gasteiger partial charge in [-0.3, -0.25) is 9.59 Å². The molecule has 0 aliphatic carbocycles. The number of rotatable bonds is 7. The first-order valence-corrected chi connectivity index (χ1v) is 9.78. The SMILES string of the molecule is CC(C)C(NC(=O)c1cccs1)C(=O)NCc1ccc(-c2ccc(F)cc2)o1. The number of hydrogen-bond donors (Lipinski definition) is 2. The number of benzene rings is 1. The Morgan fingerprint density at radius 3 is 2.50 bits per heavy atom.